The molecule has 0 aromatic carbocycles. The van der Waals surface area contributed by atoms with Gasteiger partial charge in [0.15, 0.2) is 0 Å². The second-order valence-electron chi connectivity index (χ2n) is 5.83. The van der Waals surface area contributed by atoms with E-state index in [-0.39, 0.29) is 0 Å². The van der Waals surface area contributed by atoms with Crippen molar-refractivity contribution in [3.8, 4) is 0 Å². The maximum absolute atomic E-state index is 4.93. The molecule has 0 aromatic heterocycles. The first-order valence-electron chi connectivity index (χ1n) is 7.04. The highest BCUT2D eigenvalue weighted by Gasteiger charge is 2.44. The summed E-state index contributed by atoms with van der Waals surface area (Å²) in [4.78, 5) is 4.93. The highest BCUT2D eigenvalue weighted by Crippen LogP contribution is 2.44. The summed E-state index contributed by atoms with van der Waals surface area (Å²) in [6, 6.07) is 4.95. The van der Waals surface area contributed by atoms with E-state index in [1.165, 1.54) is 30.3 Å². The molecule has 1 rings (SSSR count). The fraction of sp³-hybridized carbons (Fsp3) is 0.929. The van der Waals surface area contributed by atoms with Crippen LogP contribution in [0.1, 0.15) is 48.0 Å². The Bertz CT molecular complexity index is 245. The van der Waals surface area contributed by atoms with E-state index in [0.29, 0.717) is 6.04 Å². The number of aliphatic imine (C=N–C) groups is 1. The molecule has 0 radical (unpaired) electrons. The summed E-state index contributed by atoms with van der Waals surface area (Å²) in [5, 5.41) is 0. The highest BCUT2D eigenvalue weighted by atomic mass is 28.3. The first-order chi connectivity index (χ1) is 7.50. The first kappa shape index (κ1) is 13.9. The zero-order chi connectivity index (χ0) is 12.3. The third kappa shape index (κ3) is 2.42. The van der Waals surface area contributed by atoms with Gasteiger partial charge in [0.1, 0.15) is 0 Å². The Balaban J connectivity index is 2.94. The molecule has 1 heterocycles. The zero-order valence-corrected chi connectivity index (χ0v) is 13.0. The summed E-state index contributed by atoms with van der Waals surface area (Å²) < 4.78 is 0. The molecule has 0 aromatic rings. The molecule has 1 aliphatic heterocycles. The van der Waals surface area contributed by atoms with E-state index in [4.69, 9.17) is 4.99 Å². The lowest BCUT2D eigenvalue weighted by molar-refractivity contribution is 0.482. The van der Waals surface area contributed by atoms with Gasteiger partial charge in [-0.05, 0) is 24.8 Å². The Morgan fingerprint density at radius 1 is 1.19 bits per heavy atom. The standard InChI is InChI=1S/C14H29NSi/c1-7-16(8-2,9-3)13-10-12(6)15-14(13)11(4)5/h11,13-14H,7-10H2,1-6H3/t13-,14+/m0/s1. The van der Waals surface area contributed by atoms with E-state index in [1.807, 2.05) is 0 Å². The topological polar surface area (TPSA) is 12.4 Å². The van der Waals surface area contributed by atoms with Gasteiger partial charge >= 0.3 is 0 Å². The summed E-state index contributed by atoms with van der Waals surface area (Å²) in [6.07, 6.45) is 1.30. The summed E-state index contributed by atoms with van der Waals surface area (Å²) in [7, 11) is -1.07. The lowest BCUT2D eigenvalue weighted by Gasteiger charge is -2.39. The van der Waals surface area contributed by atoms with Gasteiger partial charge in [-0.1, -0.05) is 52.8 Å². The van der Waals surface area contributed by atoms with Gasteiger partial charge in [0, 0.05) is 5.71 Å². The first-order valence-corrected chi connectivity index (χ1v) is 9.73. The summed E-state index contributed by atoms with van der Waals surface area (Å²) in [5.74, 6) is 0.721. The molecular weight excluding hydrogens is 210 g/mol. The van der Waals surface area contributed by atoms with Crippen molar-refractivity contribution in [2.24, 2.45) is 10.9 Å². The quantitative estimate of drug-likeness (QED) is 0.614. The molecule has 0 spiro atoms. The predicted molar refractivity (Wildman–Crippen MR) is 77.3 cm³/mol. The summed E-state index contributed by atoms with van der Waals surface area (Å²) >= 11 is 0. The molecule has 0 amide bonds. The van der Waals surface area contributed by atoms with Gasteiger partial charge in [0.25, 0.3) is 0 Å². The molecule has 2 heteroatoms. The predicted octanol–water partition coefficient (Wildman–Crippen LogP) is 4.75. The van der Waals surface area contributed by atoms with Gasteiger partial charge in [-0.2, -0.15) is 0 Å². The third-order valence-corrected chi connectivity index (χ3v) is 11.2. The monoisotopic (exact) mass is 239 g/mol. The number of nitrogens with zero attached hydrogens (tertiary/aromatic N) is 1. The van der Waals surface area contributed by atoms with Gasteiger partial charge in [-0.3, -0.25) is 4.99 Å². The number of hydrogen-bond acceptors (Lipinski definition) is 1. The van der Waals surface area contributed by atoms with Crippen molar-refractivity contribution in [2.75, 3.05) is 0 Å². The zero-order valence-electron chi connectivity index (χ0n) is 12.0. The van der Waals surface area contributed by atoms with Crippen LogP contribution >= 0.6 is 0 Å². The number of rotatable bonds is 5. The smallest absolute Gasteiger partial charge is 0.0586 e. The van der Waals surface area contributed by atoms with Gasteiger partial charge in [0.2, 0.25) is 0 Å². The summed E-state index contributed by atoms with van der Waals surface area (Å²) in [5.41, 5.74) is 2.34. The van der Waals surface area contributed by atoms with Gasteiger partial charge < -0.3 is 0 Å². The molecule has 0 fully saturated rings. The normalized spacial score (nSPS) is 26.3. The molecular formula is C14H29NSi. The van der Waals surface area contributed by atoms with Gasteiger partial charge in [-0.15, -0.1) is 0 Å². The number of hydrogen-bond donors (Lipinski definition) is 0. The van der Waals surface area contributed by atoms with Gasteiger partial charge in [-0.25, -0.2) is 0 Å². The molecule has 0 N–H and O–H groups in total. The minimum Gasteiger partial charge on any atom is -0.291 e. The molecule has 0 aliphatic carbocycles. The minimum atomic E-state index is -1.07. The largest absolute Gasteiger partial charge is 0.291 e. The summed E-state index contributed by atoms with van der Waals surface area (Å²) in [6.45, 7) is 14.2. The van der Waals surface area contributed by atoms with Crippen LogP contribution in [0.15, 0.2) is 4.99 Å². The minimum absolute atomic E-state index is 0.631. The van der Waals surface area contributed by atoms with Crippen molar-refractivity contribution in [1.82, 2.24) is 0 Å². The van der Waals surface area contributed by atoms with Crippen molar-refractivity contribution in [1.29, 1.82) is 0 Å². The van der Waals surface area contributed by atoms with Crippen LogP contribution in [0.4, 0.5) is 0 Å². The van der Waals surface area contributed by atoms with Crippen LogP contribution in [0.2, 0.25) is 23.7 Å². The molecule has 0 bridgehead atoms. The molecule has 0 saturated carbocycles. The Kier molecular flexibility index (Phi) is 4.78. The molecule has 0 saturated heterocycles. The molecule has 16 heavy (non-hydrogen) atoms. The lowest BCUT2D eigenvalue weighted by Crippen LogP contribution is -2.42. The maximum atomic E-state index is 4.93. The Hall–Kier alpha value is -0.113. The molecule has 1 nitrogen and oxygen atoms in total. The maximum Gasteiger partial charge on any atom is 0.0586 e. The van der Waals surface area contributed by atoms with Crippen LogP contribution in [-0.2, 0) is 0 Å². The fourth-order valence-electron chi connectivity index (χ4n) is 3.57. The van der Waals surface area contributed by atoms with Crippen LogP contribution in [0.5, 0.6) is 0 Å². The van der Waals surface area contributed by atoms with Crippen LogP contribution in [-0.4, -0.2) is 19.8 Å². The van der Waals surface area contributed by atoms with Crippen molar-refractivity contribution in [3.05, 3.63) is 0 Å². The second kappa shape index (κ2) is 5.48. The highest BCUT2D eigenvalue weighted by molar-refractivity contribution is 6.81. The Labute approximate surface area is 103 Å². The van der Waals surface area contributed by atoms with Crippen molar-refractivity contribution < 1.29 is 0 Å². The Morgan fingerprint density at radius 2 is 1.69 bits per heavy atom. The Morgan fingerprint density at radius 3 is 2.06 bits per heavy atom. The molecule has 94 valence electrons. The molecule has 0 unspecified atom stereocenters. The van der Waals surface area contributed by atoms with Crippen LogP contribution < -0.4 is 0 Å². The van der Waals surface area contributed by atoms with Crippen molar-refractivity contribution in [2.45, 2.75) is 77.7 Å². The van der Waals surface area contributed by atoms with E-state index in [9.17, 15) is 0 Å². The van der Waals surface area contributed by atoms with Crippen LogP contribution in [0.25, 0.3) is 0 Å². The van der Waals surface area contributed by atoms with Crippen LogP contribution in [0, 0.1) is 5.92 Å². The lowest BCUT2D eigenvalue weighted by atomic mass is 10.0. The van der Waals surface area contributed by atoms with Crippen molar-refractivity contribution >= 4 is 13.8 Å². The van der Waals surface area contributed by atoms with E-state index in [1.54, 1.807) is 0 Å². The van der Waals surface area contributed by atoms with Crippen molar-refractivity contribution in [3.63, 3.8) is 0 Å². The van der Waals surface area contributed by atoms with E-state index in [2.05, 4.69) is 41.5 Å². The van der Waals surface area contributed by atoms with Crippen LogP contribution in [0.3, 0.4) is 0 Å². The SMILES string of the molecule is CC[Si](CC)(CC)[C@H]1CC(C)=N[C@@H]1C(C)C. The van der Waals surface area contributed by atoms with E-state index >= 15 is 0 Å². The second-order valence-corrected chi connectivity index (χ2v) is 11.4. The van der Waals surface area contributed by atoms with E-state index < -0.39 is 8.07 Å². The fourth-order valence-corrected chi connectivity index (χ4v) is 8.55. The van der Waals surface area contributed by atoms with Gasteiger partial charge in [0.05, 0.1) is 14.1 Å². The molecule has 1 aliphatic rings. The third-order valence-electron chi connectivity index (χ3n) is 4.88. The molecule has 2 atom stereocenters. The van der Waals surface area contributed by atoms with E-state index in [0.717, 1.165) is 11.5 Å². The average molecular weight is 239 g/mol. The average Bonchev–Trinajstić information content (AvgIpc) is 2.65.